The summed E-state index contributed by atoms with van der Waals surface area (Å²) < 4.78 is 12.0. The maximum absolute atomic E-state index is 10.2. The summed E-state index contributed by atoms with van der Waals surface area (Å²) in [6.07, 6.45) is 0. The Hall–Kier alpha value is -1.04. The van der Waals surface area contributed by atoms with E-state index in [1.165, 1.54) is 0 Å². The van der Waals surface area contributed by atoms with E-state index in [4.69, 9.17) is 9.31 Å². The van der Waals surface area contributed by atoms with Crippen LogP contribution < -0.4 is 10.8 Å². The van der Waals surface area contributed by atoms with E-state index in [2.05, 4.69) is 5.32 Å². The number of nitrogens with one attached hydrogen (secondary N) is 1. The molecule has 3 rings (SSSR count). The molecule has 2 aliphatic rings. The largest absolute Gasteiger partial charge is 0.508 e. The Labute approximate surface area is 120 Å². The molecule has 2 N–H and O–H groups in total. The normalized spacial score (nSPS) is 24.7. The van der Waals surface area contributed by atoms with Gasteiger partial charge in [-0.05, 0) is 44.8 Å². The van der Waals surface area contributed by atoms with Crippen LogP contribution in [0.3, 0.4) is 0 Å². The molecule has 0 atom stereocenters. The zero-order chi connectivity index (χ0) is 14.5. The molecule has 0 unspecified atom stereocenters. The first-order valence-electron chi connectivity index (χ1n) is 7.19. The summed E-state index contributed by atoms with van der Waals surface area (Å²) in [7, 11) is -0.417. The topological polar surface area (TPSA) is 50.7 Å². The molecule has 0 aromatic heterocycles. The van der Waals surface area contributed by atoms with Gasteiger partial charge in [0.15, 0.2) is 0 Å². The Morgan fingerprint density at radius 1 is 1.15 bits per heavy atom. The molecule has 0 aliphatic carbocycles. The van der Waals surface area contributed by atoms with Gasteiger partial charge in [-0.25, -0.2) is 0 Å². The van der Waals surface area contributed by atoms with Gasteiger partial charge >= 0.3 is 7.12 Å². The molecule has 2 fully saturated rings. The molecule has 0 saturated carbocycles. The highest BCUT2D eigenvalue weighted by atomic mass is 16.7. The lowest BCUT2D eigenvalue weighted by atomic mass is 9.77. The predicted molar refractivity (Wildman–Crippen MR) is 79.4 cm³/mol. The van der Waals surface area contributed by atoms with Crippen molar-refractivity contribution < 1.29 is 14.4 Å². The van der Waals surface area contributed by atoms with Crippen molar-refractivity contribution in [1.82, 2.24) is 5.32 Å². The van der Waals surface area contributed by atoms with E-state index in [1.54, 1.807) is 6.07 Å². The molecular formula is C15H22BNO3. The summed E-state index contributed by atoms with van der Waals surface area (Å²) in [5.74, 6) is 0.756. The van der Waals surface area contributed by atoms with Crippen LogP contribution in [0.25, 0.3) is 0 Å². The second kappa shape index (κ2) is 4.48. The summed E-state index contributed by atoms with van der Waals surface area (Å²) in [5, 5.41) is 13.4. The molecule has 0 radical (unpaired) electrons. The van der Waals surface area contributed by atoms with Crippen molar-refractivity contribution in [1.29, 1.82) is 0 Å². The molecule has 108 valence electrons. The molecular weight excluding hydrogens is 253 g/mol. The quantitative estimate of drug-likeness (QED) is 0.801. The fourth-order valence-corrected chi connectivity index (χ4v) is 2.54. The second-order valence-corrected chi connectivity index (χ2v) is 6.76. The van der Waals surface area contributed by atoms with Crippen LogP contribution in [0.5, 0.6) is 5.75 Å². The summed E-state index contributed by atoms with van der Waals surface area (Å²) in [4.78, 5) is 0. The van der Waals surface area contributed by atoms with Gasteiger partial charge in [-0.2, -0.15) is 0 Å². The van der Waals surface area contributed by atoms with Gasteiger partial charge in [0.05, 0.1) is 11.2 Å². The first kappa shape index (κ1) is 13.9. The highest BCUT2D eigenvalue weighted by molar-refractivity contribution is 6.62. The van der Waals surface area contributed by atoms with Gasteiger partial charge in [0.1, 0.15) is 5.75 Å². The van der Waals surface area contributed by atoms with E-state index in [-0.39, 0.29) is 11.2 Å². The average Bonchev–Trinajstić information content (AvgIpc) is 2.48. The molecule has 1 aromatic carbocycles. The first-order chi connectivity index (χ1) is 9.30. The standard InChI is InChI=1S/C15H22BNO3/c1-14(2)15(3,4)20-16(19-14)11-5-6-12(13(18)7-11)10-8-17-9-10/h5-7,10,17-18H,8-9H2,1-4H3. The molecule has 4 nitrogen and oxygen atoms in total. The smallest absolute Gasteiger partial charge is 0.494 e. The lowest BCUT2D eigenvalue weighted by Gasteiger charge is -2.32. The molecule has 0 amide bonds. The first-order valence-corrected chi connectivity index (χ1v) is 7.19. The Balaban J connectivity index is 1.83. The highest BCUT2D eigenvalue weighted by Crippen LogP contribution is 2.37. The summed E-state index contributed by atoms with van der Waals surface area (Å²) >= 11 is 0. The number of rotatable bonds is 2. The minimum absolute atomic E-state index is 0.337. The monoisotopic (exact) mass is 275 g/mol. The molecule has 2 saturated heterocycles. The number of hydrogen-bond acceptors (Lipinski definition) is 4. The zero-order valence-corrected chi connectivity index (χ0v) is 12.6. The van der Waals surface area contributed by atoms with Gasteiger partial charge in [0.25, 0.3) is 0 Å². The van der Waals surface area contributed by atoms with Crippen molar-refractivity contribution >= 4 is 12.6 Å². The summed E-state index contributed by atoms with van der Waals surface area (Å²) in [6, 6.07) is 5.76. The molecule has 2 heterocycles. The SMILES string of the molecule is CC1(C)OB(c2ccc(C3CNC3)c(O)c2)OC1(C)C. The summed E-state index contributed by atoms with van der Waals surface area (Å²) in [5.41, 5.74) is 1.16. The summed E-state index contributed by atoms with van der Waals surface area (Å²) in [6.45, 7) is 9.98. The Morgan fingerprint density at radius 3 is 2.20 bits per heavy atom. The van der Waals surface area contributed by atoms with Crippen LogP contribution in [0.15, 0.2) is 18.2 Å². The lowest BCUT2D eigenvalue weighted by Crippen LogP contribution is -2.41. The third kappa shape index (κ3) is 2.14. The molecule has 0 bridgehead atoms. The van der Waals surface area contributed by atoms with Gasteiger partial charge in [-0.15, -0.1) is 0 Å². The van der Waals surface area contributed by atoms with Gasteiger partial charge < -0.3 is 19.7 Å². The van der Waals surface area contributed by atoms with Crippen molar-refractivity contribution in [2.75, 3.05) is 13.1 Å². The molecule has 20 heavy (non-hydrogen) atoms. The van der Waals surface area contributed by atoms with Gasteiger partial charge in [0.2, 0.25) is 0 Å². The molecule has 2 aliphatic heterocycles. The van der Waals surface area contributed by atoms with Crippen LogP contribution in [0.4, 0.5) is 0 Å². The van der Waals surface area contributed by atoms with Crippen LogP contribution in [0, 0.1) is 0 Å². The van der Waals surface area contributed by atoms with Crippen molar-refractivity contribution in [3.05, 3.63) is 23.8 Å². The number of hydrogen-bond donors (Lipinski definition) is 2. The van der Waals surface area contributed by atoms with Crippen molar-refractivity contribution in [3.8, 4) is 5.75 Å². The average molecular weight is 275 g/mol. The van der Waals surface area contributed by atoms with Gasteiger partial charge in [-0.1, -0.05) is 12.1 Å². The van der Waals surface area contributed by atoms with E-state index >= 15 is 0 Å². The number of phenolic OH excluding ortho intramolecular Hbond substituents is 1. The molecule has 0 spiro atoms. The fourth-order valence-electron chi connectivity index (χ4n) is 2.54. The van der Waals surface area contributed by atoms with Crippen molar-refractivity contribution in [2.24, 2.45) is 0 Å². The van der Waals surface area contributed by atoms with E-state index in [0.717, 1.165) is 24.1 Å². The van der Waals surface area contributed by atoms with E-state index in [0.29, 0.717) is 11.7 Å². The Morgan fingerprint density at radius 2 is 1.75 bits per heavy atom. The number of aromatic hydroxyl groups is 1. The van der Waals surface area contributed by atoms with Crippen molar-refractivity contribution in [3.63, 3.8) is 0 Å². The van der Waals surface area contributed by atoms with Crippen molar-refractivity contribution in [2.45, 2.75) is 44.8 Å². The second-order valence-electron chi connectivity index (χ2n) is 6.76. The van der Waals surface area contributed by atoms with Crippen LogP contribution in [-0.4, -0.2) is 36.5 Å². The lowest BCUT2D eigenvalue weighted by molar-refractivity contribution is 0.00578. The van der Waals surface area contributed by atoms with Gasteiger partial charge in [-0.3, -0.25) is 0 Å². The molecule has 5 heteroatoms. The van der Waals surface area contributed by atoms with E-state index in [9.17, 15) is 5.11 Å². The van der Waals surface area contributed by atoms with Crippen LogP contribution in [0.2, 0.25) is 0 Å². The minimum atomic E-state index is -0.417. The van der Waals surface area contributed by atoms with Crippen LogP contribution in [-0.2, 0) is 9.31 Å². The maximum Gasteiger partial charge on any atom is 0.494 e. The van der Waals surface area contributed by atoms with E-state index < -0.39 is 7.12 Å². The van der Waals surface area contributed by atoms with Crippen LogP contribution in [0.1, 0.15) is 39.2 Å². The molecule has 1 aromatic rings. The Kier molecular flexibility index (Phi) is 3.12. The van der Waals surface area contributed by atoms with Crippen LogP contribution >= 0.6 is 0 Å². The third-order valence-corrected chi connectivity index (χ3v) is 4.80. The highest BCUT2D eigenvalue weighted by Gasteiger charge is 2.51. The Bertz CT molecular complexity index is 510. The maximum atomic E-state index is 10.2. The predicted octanol–water partition coefficient (Wildman–Crippen LogP) is 1.38. The minimum Gasteiger partial charge on any atom is -0.508 e. The fraction of sp³-hybridized carbons (Fsp3) is 0.600. The third-order valence-electron chi connectivity index (χ3n) is 4.80. The van der Waals surface area contributed by atoms with Gasteiger partial charge in [0, 0.05) is 19.0 Å². The van der Waals surface area contributed by atoms with E-state index in [1.807, 2.05) is 39.8 Å². The number of benzene rings is 1. The zero-order valence-electron chi connectivity index (χ0n) is 12.6. The number of phenols is 1.